The molecule has 70 valence electrons. The highest BCUT2D eigenvalue weighted by atomic mass is 16.2. The van der Waals surface area contributed by atoms with Crippen LogP contribution in [0.2, 0.25) is 0 Å². The predicted molar refractivity (Wildman–Crippen MR) is 48.1 cm³/mol. The van der Waals surface area contributed by atoms with E-state index < -0.39 is 6.03 Å². The summed E-state index contributed by atoms with van der Waals surface area (Å²) in [6.45, 7) is 2.39. The zero-order valence-corrected chi connectivity index (χ0v) is 7.45. The van der Waals surface area contributed by atoms with E-state index in [-0.39, 0.29) is 0 Å². The summed E-state index contributed by atoms with van der Waals surface area (Å²) in [5, 5.41) is 2.47. The van der Waals surface area contributed by atoms with Crippen molar-refractivity contribution in [1.29, 1.82) is 0 Å². The van der Waals surface area contributed by atoms with E-state index in [4.69, 9.17) is 5.73 Å². The molecule has 3 N–H and O–H groups in total. The van der Waals surface area contributed by atoms with Crippen LogP contribution in [0.1, 0.15) is 11.4 Å². The van der Waals surface area contributed by atoms with Gasteiger partial charge >= 0.3 is 6.03 Å². The second-order valence-corrected chi connectivity index (χ2v) is 2.72. The Labute approximate surface area is 76.4 Å². The molecule has 0 radical (unpaired) electrons. The summed E-state index contributed by atoms with van der Waals surface area (Å²) in [4.78, 5) is 18.5. The Bertz CT molecular complexity index is 283. The molecule has 0 saturated carbocycles. The smallest absolute Gasteiger partial charge is 0.312 e. The summed E-state index contributed by atoms with van der Waals surface area (Å²) >= 11 is 0. The highest BCUT2D eigenvalue weighted by Crippen LogP contribution is 1.93. The summed E-state index contributed by atoms with van der Waals surface area (Å²) in [7, 11) is 0. The lowest BCUT2D eigenvalue weighted by molar-refractivity contribution is 0.249. The molecule has 0 bridgehead atoms. The molecule has 0 unspecified atom stereocenters. The van der Waals surface area contributed by atoms with Crippen molar-refractivity contribution in [2.75, 3.05) is 6.54 Å². The van der Waals surface area contributed by atoms with E-state index in [1.165, 1.54) is 0 Å². The van der Waals surface area contributed by atoms with E-state index in [1.807, 2.05) is 6.92 Å². The van der Waals surface area contributed by atoms with Crippen molar-refractivity contribution in [3.8, 4) is 0 Å². The van der Waals surface area contributed by atoms with E-state index in [9.17, 15) is 4.79 Å². The van der Waals surface area contributed by atoms with Gasteiger partial charge in [0.05, 0.1) is 0 Å². The number of urea groups is 1. The van der Waals surface area contributed by atoms with Crippen molar-refractivity contribution in [2.45, 2.75) is 13.3 Å². The first-order chi connectivity index (χ1) is 6.18. The fourth-order valence-corrected chi connectivity index (χ4v) is 0.846. The number of aryl methyl sites for hydroxylation is 1. The molecule has 0 atom stereocenters. The number of carbonyl (C=O) groups excluding carboxylic acids is 1. The Kier molecular flexibility index (Phi) is 3.19. The van der Waals surface area contributed by atoms with Crippen LogP contribution in [0.15, 0.2) is 12.4 Å². The maximum atomic E-state index is 10.3. The largest absolute Gasteiger partial charge is 0.352 e. The zero-order valence-electron chi connectivity index (χ0n) is 7.45. The van der Waals surface area contributed by atoms with Crippen molar-refractivity contribution in [1.82, 2.24) is 15.3 Å². The van der Waals surface area contributed by atoms with Crippen molar-refractivity contribution in [3.05, 3.63) is 23.8 Å². The monoisotopic (exact) mass is 180 g/mol. The molecule has 0 fully saturated rings. The Hall–Kier alpha value is -1.65. The first kappa shape index (κ1) is 9.44. The summed E-state index contributed by atoms with van der Waals surface area (Å²) < 4.78 is 0. The molecular formula is C8H12N4O. The van der Waals surface area contributed by atoms with E-state index in [1.54, 1.807) is 12.4 Å². The minimum Gasteiger partial charge on any atom is -0.352 e. The number of carbonyl (C=O) groups is 1. The third-order valence-corrected chi connectivity index (χ3v) is 1.48. The van der Waals surface area contributed by atoms with Gasteiger partial charge in [0.2, 0.25) is 0 Å². The lowest BCUT2D eigenvalue weighted by atomic mass is 10.3. The molecule has 0 aliphatic carbocycles. The molecule has 5 heteroatoms. The van der Waals surface area contributed by atoms with Crippen molar-refractivity contribution in [2.24, 2.45) is 5.73 Å². The molecule has 13 heavy (non-hydrogen) atoms. The van der Waals surface area contributed by atoms with Gasteiger partial charge in [0, 0.05) is 25.4 Å². The van der Waals surface area contributed by atoms with Crippen LogP contribution in [0.4, 0.5) is 4.79 Å². The van der Waals surface area contributed by atoms with Gasteiger partial charge in [-0.25, -0.2) is 14.8 Å². The van der Waals surface area contributed by atoms with Gasteiger partial charge in [-0.15, -0.1) is 0 Å². The Morgan fingerprint density at radius 3 is 2.69 bits per heavy atom. The van der Waals surface area contributed by atoms with Crippen molar-refractivity contribution >= 4 is 6.03 Å². The summed E-state index contributed by atoms with van der Waals surface area (Å²) in [6.07, 6.45) is 4.09. The summed E-state index contributed by atoms with van der Waals surface area (Å²) in [5.41, 5.74) is 5.91. The molecule has 0 aromatic carbocycles. The number of nitrogens with zero attached hydrogens (tertiary/aromatic N) is 2. The second-order valence-electron chi connectivity index (χ2n) is 2.72. The third-order valence-electron chi connectivity index (χ3n) is 1.48. The first-order valence-corrected chi connectivity index (χ1v) is 3.99. The molecule has 1 aromatic rings. The Balaban J connectivity index is 2.37. The number of aromatic nitrogens is 2. The minimum atomic E-state index is -0.521. The minimum absolute atomic E-state index is 0.471. The number of nitrogens with two attached hydrogens (primary N) is 1. The fraction of sp³-hybridized carbons (Fsp3) is 0.375. The van der Waals surface area contributed by atoms with Crippen LogP contribution >= 0.6 is 0 Å². The molecule has 0 aliphatic heterocycles. The average Bonchev–Trinajstić information content (AvgIpc) is 2.08. The van der Waals surface area contributed by atoms with Gasteiger partial charge in [-0.05, 0) is 12.5 Å². The number of hydrogen-bond acceptors (Lipinski definition) is 3. The molecule has 1 rings (SSSR count). The number of amides is 2. The zero-order chi connectivity index (χ0) is 9.68. The van der Waals surface area contributed by atoms with E-state index >= 15 is 0 Å². The summed E-state index contributed by atoms with van der Waals surface area (Å²) in [5.74, 6) is 0.708. The van der Waals surface area contributed by atoms with Gasteiger partial charge < -0.3 is 11.1 Å². The second kappa shape index (κ2) is 4.39. The maximum absolute atomic E-state index is 10.3. The van der Waals surface area contributed by atoms with Crippen LogP contribution < -0.4 is 11.1 Å². The topological polar surface area (TPSA) is 80.9 Å². The molecule has 1 heterocycles. The molecular weight excluding hydrogens is 168 g/mol. The fourth-order valence-electron chi connectivity index (χ4n) is 0.846. The Morgan fingerprint density at radius 1 is 1.54 bits per heavy atom. The highest BCUT2D eigenvalue weighted by Gasteiger charge is 1.96. The van der Waals surface area contributed by atoms with Crippen LogP contribution in [0.25, 0.3) is 0 Å². The van der Waals surface area contributed by atoms with E-state index in [2.05, 4.69) is 15.3 Å². The van der Waals surface area contributed by atoms with Gasteiger partial charge in [0.15, 0.2) is 0 Å². The van der Waals surface area contributed by atoms with Crippen molar-refractivity contribution in [3.63, 3.8) is 0 Å². The van der Waals surface area contributed by atoms with Crippen LogP contribution in [0.3, 0.4) is 0 Å². The molecule has 0 saturated heterocycles. The lowest BCUT2D eigenvalue weighted by Gasteiger charge is -2.00. The number of primary amides is 1. The van der Waals surface area contributed by atoms with E-state index in [0.717, 1.165) is 5.56 Å². The lowest BCUT2D eigenvalue weighted by Crippen LogP contribution is -2.31. The number of hydrogen-bond donors (Lipinski definition) is 2. The van der Waals surface area contributed by atoms with Crippen LogP contribution in [0, 0.1) is 6.92 Å². The van der Waals surface area contributed by atoms with E-state index in [0.29, 0.717) is 18.8 Å². The molecule has 1 aromatic heterocycles. The molecule has 2 amide bonds. The van der Waals surface area contributed by atoms with Gasteiger partial charge in [-0.3, -0.25) is 0 Å². The predicted octanol–water partition coefficient (Wildman–Crippen LogP) is -0.00418. The standard InChI is InChI=1S/C8H12N4O/c1-6-4-11-7(12-5-6)2-3-10-8(9)13/h4-5H,2-3H2,1H3,(H3,9,10,13). The van der Waals surface area contributed by atoms with Gasteiger partial charge in [-0.2, -0.15) is 0 Å². The van der Waals surface area contributed by atoms with Crippen LogP contribution in [-0.4, -0.2) is 22.5 Å². The van der Waals surface area contributed by atoms with Gasteiger partial charge in [0.25, 0.3) is 0 Å². The highest BCUT2D eigenvalue weighted by molar-refractivity contribution is 5.71. The van der Waals surface area contributed by atoms with Crippen molar-refractivity contribution < 1.29 is 4.79 Å². The SMILES string of the molecule is Cc1cnc(CCNC(N)=O)nc1. The average molecular weight is 180 g/mol. The Morgan fingerprint density at radius 2 is 2.15 bits per heavy atom. The number of nitrogens with one attached hydrogen (secondary N) is 1. The van der Waals surface area contributed by atoms with Gasteiger partial charge in [0.1, 0.15) is 5.82 Å². The molecule has 5 nitrogen and oxygen atoms in total. The van der Waals surface area contributed by atoms with Crippen LogP contribution in [0.5, 0.6) is 0 Å². The van der Waals surface area contributed by atoms with Crippen LogP contribution in [-0.2, 0) is 6.42 Å². The first-order valence-electron chi connectivity index (χ1n) is 3.99. The number of rotatable bonds is 3. The maximum Gasteiger partial charge on any atom is 0.312 e. The normalized spacial score (nSPS) is 9.62. The summed E-state index contributed by atoms with van der Waals surface area (Å²) in [6, 6.07) is -0.521. The quantitative estimate of drug-likeness (QED) is 0.686. The molecule has 0 aliphatic rings. The third kappa shape index (κ3) is 3.50. The molecule has 0 spiro atoms. The van der Waals surface area contributed by atoms with Gasteiger partial charge in [-0.1, -0.05) is 0 Å².